The van der Waals surface area contributed by atoms with E-state index in [1.54, 1.807) is 13.2 Å². The standard InChI is InChI=1S/C20H23N9O/c1-3-21-20-22-11-16-18(23-20)28-9-5-8-15(28)12-29(19(16)30)14-7-4-6-13(10-14)17-24-26-27(2)25-17/h4,6-7,10-11,15H,3,5,8-9,12H2,1-2H3,(H,21,22,23). The highest BCUT2D eigenvalue weighted by Gasteiger charge is 2.37. The Morgan fingerprint density at radius 2 is 2.20 bits per heavy atom. The van der Waals surface area contributed by atoms with E-state index >= 15 is 0 Å². The third-order valence-corrected chi connectivity index (χ3v) is 5.55. The molecule has 2 aromatic heterocycles. The topological polar surface area (TPSA) is 105 Å². The second-order valence-corrected chi connectivity index (χ2v) is 7.52. The van der Waals surface area contributed by atoms with Gasteiger partial charge in [-0.2, -0.15) is 9.78 Å². The Balaban J connectivity index is 1.56. The van der Waals surface area contributed by atoms with Gasteiger partial charge in [0.1, 0.15) is 11.4 Å². The number of hydrogen-bond donors (Lipinski definition) is 1. The maximum atomic E-state index is 13.5. The van der Waals surface area contributed by atoms with Crippen molar-refractivity contribution in [2.24, 2.45) is 7.05 Å². The van der Waals surface area contributed by atoms with Crippen molar-refractivity contribution in [2.45, 2.75) is 25.8 Å². The minimum Gasteiger partial charge on any atom is -0.354 e. The highest BCUT2D eigenvalue weighted by atomic mass is 16.2. The van der Waals surface area contributed by atoms with Gasteiger partial charge in [-0.1, -0.05) is 12.1 Å². The number of rotatable bonds is 4. The van der Waals surface area contributed by atoms with Crippen LogP contribution in [-0.2, 0) is 7.05 Å². The molecule has 154 valence electrons. The summed E-state index contributed by atoms with van der Waals surface area (Å²) in [5.74, 6) is 1.72. The molecular weight excluding hydrogens is 382 g/mol. The van der Waals surface area contributed by atoms with Crippen LogP contribution in [0.1, 0.15) is 30.1 Å². The molecule has 10 heteroatoms. The second kappa shape index (κ2) is 7.36. The van der Waals surface area contributed by atoms with Crippen molar-refractivity contribution in [3.05, 3.63) is 36.0 Å². The lowest BCUT2D eigenvalue weighted by Gasteiger charge is -2.27. The van der Waals surface area contributed by atoms with Gasteiger partial charge >= 0.3 is 0 Å². The molecule has 1 atom stereocenters. The average Bonchev–Trinajstić information content (AvgIpc) is 3.38. The van der Waals surface area contributed by atoms with E-state index in [2.05, 4.69) is 35.6 Å². The highest BCUT2D eigenvalue weighted by Crippen LogP contribution is 2.34. The Kier molecular flexibility index (Phi) is 4.53. The lowest BCUT2D eigenvalue weighted by Crippen LogP contribution is -2.39. The molecule has 0 aliphatic carbocycles. The van der Waals surface area contributed by atoms with Crippen LogP contribution in [0.15, 0.2) is 30.5 Å². The summed E-state index contributed by atoms with van der Waals surface area (Å²) >= 11 is 0. The van der Waals surface area contributed by atoms with Crippen LogP contribution < -0.4 is 15.1 Å². The van der Waals surface area contributed by atoms with Crippen molar-refractivity contribution >= 4 is 23.4 Å². The van der Waals surface area contributed by atoms with Gasteiger partial charge in [-0.25, -0.2) is 4.98 Å². The van der Waals surface area contributed by atoms with Gasteiger partial charge in [0.15, 0.2) is 0 Å². The molecule has 1 unspecified atom stereocenters. The van der Waals surface area contributed by atoms with Crippen LogP contribution in [-0.4, -0.2) is 61.8 Å². The number of fused-ring (bicyclic) bond motifs is 3. The third-order valence-electron chi connectivity index (χ3n) is 5.55. The average molecular weight is 405 g/mol. The van der Waals surface area contributed by atoms with Gasteiger partial charge in [-0.05, 0) is 37.1 Å². The molecule has 0 bridgehead atoms. The van der Waals surface area contributed by atoms with E-state index in [0.29, 0.717) is 23.9 Å². The fourth-order valence-electron chi connectivity index (χ4n) is 4.16. The van der Waals surface area contributed by atoms with E-state index in [0.717, 1.165) is 43.0 Å². The molecular formula is C20H23N9O. The zero-order valence-electron chi connectivity index (χ0n) is 17.0. The Morgan fingerprint density at radius 1 is 1.30 bits per heavy atom. The Bertz CT molecular complexity index is 1100. The van der Waals surface area contributed by atoms with E-state index in [9.17, 15) is 4.79 Å². The normalized spacial score (nSPS) is 18.2. The number of aromatic nitrogens is 6. The zero-order valence-corrected chi connectivity index (χ0v) is 17.0. The summed E-state index contributed by atoms with van der Waals surface area (Å²) in [5, 5.41) is 15.4. The molecule has 0 spiro atoms. The highest BCUT2D eigenvalue weighted by molar-refractivity contribution is 6.10. The molecule has 1 N–H and O–H groups in total. The quantitative estimate of drug-likeness (QED) is 0.700. The molecule has 30 heavy (non-hydrogen) atoms. The summed E-state index contributed by atoms with van der Waals surface area (Å²) in [6.07, 6.45) is 3.75. The maximum absolute atomic E-state index is 13.5. The molecule has 4 heterocycles. The van der Waals surface area contributed by atoms with Crippen LogP contribution in [0.3, 0.4) is 0 Å². The number of benzene rings is 1. The summed E-state index contributed by atoms with van der Waals surface area (Å²) in [7, 11) is 1.73. The molecule has 2 aliphatic rings. The molecule has 2 aliphatic heterocycles. The van der Waals surface area contributed by atoms with Gasteiger partial charge in [0.25, 0.3) is 5.91 Å². The van der Waals surface area contributed by atoms with Gasteiger partial charge in [0, 0.05) is 43.1 Å². The van der Waals surface area contributed by atoms with Crippen LogP contribution in [0, 0.1) is 0 Å². The monoisotopic (exact) mass is 405 g/mol. The fourth-order valence-corrected chi connectivity index (χ4v) is 4.16. The van der Waals surface area contributed by atoms with Crippen LogP contribution in [0.5, 0.6) is 0 Å². The van der Waals surface area contributed by atoms with Gasteiger partial charge < -0.3 is 15.1 Å². The first-order valence-electron chi connectivity index (χ1n) is 10.2. The molecule has 0 saturated carbocycles. The SMILES string of the molecule is CCNc1ncc2c(n1)N1CCCC1CN(c1cccc(-c3nnn(C)n3)c1)C2=O. The minimum atomic E-state index is -0.0910. The first-order chi connectivity index (χ1) is 14.6. The second-order valence-electron chi connectivity index (χ2n) is 7.52. The summed E-state index contributed by atoms with van der Waals surface area (Å²) in [5.41, 5.74) is 2.16. The number of nitrogens with zero attached hydrogens (tertiary/aromatic N) is 8. The van der Waals surface area contributed by atoms with E-state index in [1.807, 2.05) is 36.1 Å². The Morgan fingerprint density at radius 3 is 3.00 bits per heavy atom. The zero-order chi connectivity index (χ0) is 20.7. The summed E-state index contributed by atoms with van der Waals surface area (Å²) in [6, 6.07) is 7.93. The van der Waals surface area contributed by atoms with Crippen LogP contribution >= 0.6 is 0 Å². The van der Waals surface area contributed by atoms with E-state index in [1.165, 1.54) is 4.80 Å². The number of carbonyl (C=O) groups is 1. The summed E-state index contributed by atoms with van der Waals surface area (Å²) in [4.78, 5) is 28.1. The number of tetrazole rings is 1. The van der Waals surface area contributed by atoms with Gasteiger partial charge in [0.2, 0.25) is 11.8 Å². The van der Waals surface area contributed by atoms with Crippen molar-refractivity contribution in [2.75, 3.05) is 34.8 Å². The van der Waals surface area contributed by atoms with Crippen molar-refractivity contribution in [1.29, 1.82) is 0 Å². The number of amides is 1. The van der Waals surface area contributed by atoms with Gasteiger partial charge in [0.05, 0.1) is 7.05 Å². The molecule has 1 fully saturated rings. The number of anilines is 3. The summed E-state index contributed by atoms with van der Waals surface area (Å²) in [6.45, 7) is 4.22. The number of hydrogen-bond acceptors (Lipinski definition) is 8. The molecule has 1 aromatic carbocycles. The van der Waals surface area contributed by atoms with Crippen molar-refractivity contribution in [3.8, 4) is 11.4 Å². The van der Waals surface area contributed by atoms with Crippen LogP contribution in [0.25, 0.3) is 11.4 Å². The first kappa shape index (κ1) is 18.5. The predicted molar refractivity (Wildman–Crippen MR) is 112 cm³/mol. The number of carbonyl (C=O) groups excluding carboxylic acids is 1. The molecule has 3 aromatic rings. The van der Waals surface area contributed by atoms with Gasteiger partial charge in [-0.3, -0.25) is 4.79 Å². The lowest BCUT2D eigenvalue weighted by atomic mass is 10.1. The largest absolute Gasteiger partial charge is 0.354 e. The van der Waals surface area contributed by atoms with E-state index in [4.69, 9.17) is 0 Å². The summed E-state index contributed by atoms with van der Waals surface area (Å²) < 4.78 is 0. The van der Waals surface area contributed by atoms with Gasteiger partial charge in [-0.15, -0.1) is 10.2 Å². The molecule has 0 radical (unpaired) electrons. The van der Waals surface area contributed by atoms with Crippen LogP contribution in [0.4, 0.5) is 17.5 Å². The minimum absolute atomic E-state index is 0.0910. The molecule has 1 amide bonds. The number of aryl methyl sites for hydroxylation is 1. The number of nitrogens with one attached hydrogen (secondary N) is 1. The van der Waals surface area contributed by atoms with Crippen LogP contribution in [0.2, 0.25) is 0 Å². The Labute approximate surface area is 173 Å². The fraction of sp³-hybridized carbons (Fsp3) is 0.400. The van der Waals surface area contributed by atoms with Crippen molar-refractivity contribution in [1.82, 2.24) is 30.2 Å². The first-order valence-corrected chi connectivity index (χ1v) is 10.2. The molecule has 10 nitrogen and oxygen atoms in total. The predicted octanol–water partition coefficient (Wildman–Crippen LogP) is 1.73. The molecule has 1 saturated heterocycles. The maximum Gasteiger partial charge on any atom is 0.263 e. The Hall–Kier alpha value is -3.56. The third kappa shape index (κ3) is 3.14. The van der Waals surface area contributed by atoms with Crippen molar-refractivity contribution < 1.29 is 4.79 Å². The smallest absolute Gasteiger partial charge is 0.263 e. The van der Waals surface area contributed by atoms with Crippen molar-refractivity contribution in [3.63, 3.8) is 0 Å². The lowest BCUT2D eigenvalue weighted by molar-refractivity contribution is 0.0988. The van der Waals surface area contributed by atoms with E-state index in [-0.39, 0.29) is 11.9 Å². The molecule has 5 rings (SSSR count). The van der Waals surface area contributed by atoms with E-state index < -0.39 is 0 Å².